The zero-order chi connectivity index (χ0) is 15.2. The molecule has 5 heteroatoms. The number of nitrogens with one attached hydrogen (secondary N) is 1. The monoisotopic (exact) mass is 281 g/mol. The number of nitrogens with two attached hydrogens (primary N) is 1. The molecule has 21 heavy (non-hydrogen) atoms. The van der Waals surface area contributed by atoms with Gasteiger partial charge in [-0.05, 0) is 43.3 Å². The number of esters is 1. The first-order valence-electron chi connectivity index (χ1n) is 6.48. The SMILES string of the molecule is CCOC(=O)c1cc(Nc2cccc(C#N)c2)ccc1N. The molecule has 0 radical (unpaired) electrons. The van der Waals surface area contributed by atoms with E-state index in [-0.39, 0.29) is 0 Å². The van der Waals surface area contributed by atoms with Gasteiger partial charge in [0.1, 0.15) is 0 Å². The van der Waals surface area contributed by atoms with Gasteiger partial charge >= 0.3 is 5.97 Å². The van der Waals surface area contributed by atoms with E-state index in [2.05, 4.69) is 11.4 Å². The summed E-state index contributed by atoms with van der Waals surface area (Å²) in [4.78, 5) is 11.8. The van der Waals surface area contributed by atoms with Crippen LogP contribution in [-0.4, -0.2) is 12.6 Å². The number of nitrogens with zero attached hydrogens (tertiary/aromatic N) is 1. The molecule has 0 spiro atoms. The zero-order valence-electron chi connectivity index (χ0n) is 11.6. The van der Waals surface area contributed by atoms with E-state index in [1.54, 1.807) is 43.3 Å². The normalized spacial score (nSPS) is 9.71. The molecule has 0 bridgehead atoms. The Hall–Kier alpha value is -3.00. The minimum atomic E-state index is -0.454. The maximum absolute atomic E-state index is 11.8. The standard InChI is InChI=1S/C16H15N3O2/c1-2-21-16(20)14-9-13(6-7-15(14)18)19-12-5-3-4-11(8-12)10-17/h3-9,19H,2,18H2,1H3. The van der Waals surface area contributed by atoms with Gasteiger partial charge in [-0.3, -0.25) is 0 Å². The molecule has 2 rings (SSSR count). The van der Waals surface area contributed by atoms with E-state index >= 15 is 0 Å². The second-order valence-corrected chi connectivity index (χ2v) is 4.34. The van der Waals surface area contributed by atoms with Crippen LogP contribution in [0.4, 0.5) is 17.1 Å². The van der Waals surface area contributed by atoms with Crippen molar-refractivity contribution in [2.45, 2.75) is 6.92 Å². The van der Waals surface area contributed by atoms with Gasteiger partial charge in [0.2, 0.25) is 0 Å². The Bertz CT molecular complexity index is 705. The highest BCUT2D eigenvalue weighted by Crippen LogP contribution is 2.22. The van der Waals surface area contributed by atoms with Crippen LogP contribution in [0.15, 0.2) is 42.5 Å². The molecule has 0 unspecified atom stereocenters. The Morgan fingerprint density at radius 2 is 2.05 bits per heavy atom. The Kier molecular flexibility index (Phi) is 4.42. The molecule has 0 saturated carbocycles. The molecule has 106 valence electrons. The lowest BCUT2D eigenvalue weighted by atomic mass is 10.1. The van der Waals surface area contributed by atoms with Gasteiger partial charge in [0.25, 0.3) is 0 Å². The van der Waals surface area contributed by atoms with Crippen LogP contribution in [-0.2, 0) is 4.74 Å². The molecule has 0 aromatic heterocycles. The van der Waals surface area contributed by atoms with E-state index in [0.29, 0.717) is 29.1 Å². The first kappa shape index (κ1) is 14.4. The van der Waals surface area contributed by atoms with Crippen molar-refractivity contribution in [3.63, 3.8) is 0 Å². The molecule has 0 heterocycles. The number of ether oxygens (including phenoxy) is 1. The molecule has 2 aromatic rings. The lowest BCUT2D eigenvalue weighted by Gasteiger charge is -2.10. The number of anilines is 3. The van der Waals surface area contributed by atoms with Crippen LogP contribution < -0.4 is 11.1 Å². The number of nitriles is 1. The van der Waals surface area contributed by atoms with Gasteiger partial charge in [0.15, 0.2) is 0 Å². The van der Waals surface area contributed by atoms with Gasteiger partial charge in [-0.2, -0.15) is 5.26 Å². The molecule has 0 atom stereocenters. The highest BCUT2D eigenvalue weighted by atomic mass is 16.5. The van der Waals surface area contributed by atoms with Crippen molar-refractivity contribution in [3.05, 3.63) is 53.6 Å². The average Bonchev–Trinajstić information content (AvgIpc) is 2.49. The Morgan fingerprint density at radius 3 is 2.76 bits per heavy atom. The number of hydrogen-bond acceptors (Lipinski definition) is 5. The van der Waals surface area contributed by atoms with Gasteiger partial charge in [-0.1, -0.05) is 6.07 Å². The lowest BCUT2D eigenvalue weighted by Crippen LogP contribution is -2.08. The minimum absolute atomic E-state index is 0.292. The number of hydrogen-bond donors (Lipinski definition) is 2. The Labute approximate surface area is 123 Å². The molecule has 0 aliphatic carbocycles. The topological polar surface area (TPSA) is 88.1 Å². The number of rotatable bonds is 4. The molecule has 0 fully saturated rings. The highest BCUT2D eigenvalue weighted by Gasteiger charge is 2.11. The predicted octanol–water partition coefficient (Wildman–Crippen LogP) is 3.06. The summed E-state index contributed by atoms with van der Waals surface area (Å²) in [5.41, 5.74) is 8.48. The number of carbonyl (C=O) groups excluding carboxylic acids is 1. The summed E-state index contributed by atoms with van der Waals surface area (Å²) in [6.07, 6.45) is 0. The third-order valence-corrected chi connectivity index (χ3v) is 2.83. The van der Waals surface area contributed by atoms with Gasteiger partial charge in [-0.25, -0.2) is 4.79 Å². The quantitative estimate of drug-likeness (QED) is 0.664. The Morgan fingerprint density at radius 1 is 1.29 bits per heavy atom. The van der Waals surface area contributed by atoms with E-state index in [0.717, 1.165) is 5.69 Å². The molecular weight excluding hydrogens is 266 g/mol. The van der Waals surface area contributed by atoms with E-state index in [4.69, 9.17) is 15.7 Å². The number of benzene rings is 2. The molecule has 0 saturated heterocycles. The largest absolute Gasteiger partial charge is 0.462 e. The first-order chi connectivity index (χ1) is 10.1. The highest BCUT2D eigenvalue weighted by molar-refractivity contribution is 5.96. The van der Waals surface area contributed by atoms with Crippen LogP contribution in [0.1, 0.15) is 22.8 Å². The maximum Gasteiger partial charge on any atom is 0.340 e. The Balaban J connectivity index is 2.26. The lowest BCUT2D eigenvalue weighted by molar-refractivity contribution is 0.0527. The summed E-state index contributed by atoms with van der Waals surface area (Å²) in [5.74, 6) is -0.454. The van der Waals surface area contributed by atoms with E-state index in [9.17, 15) is 4.79 Å². The van der Waals surface area contributed by atoms with Crippen LogP contribution in [0.5, 0.6) is 0 Å². The van der Waals surface area contributed by atoms with E-state index < -0.39 is 5.97 Å². The van der Waals surface area contributed by atoms with Crippen LogP contribution in [0.2, 0.25) is 0 Å². The predicted molar refractivity (Wildman–Crippen MR) is 81.3 cm³/mol. The summed E-state index contributed by atoms with van der Waals surface area (Å²) in [6, 6.07) is 14.2. The van der Waals surface area contributed by atoms with Crippen molar-refractivity contribution >= 4 is 23.0 Å². The summed E-state index contributed by atoms with van der Waals surface area (Å²) in [5, 5.41) is 12.0. The molecule has 0 aliphatic rings. The van der Waals surface area contributed by atoms with Crippen molar-refractivity contribution in [2.75, 3.05) is 17.7 Å². The van der Waals surface area contributed by atoms with Crippen LogP contribution in [0.3, 0.4) is 0 Å². The van der Waals surface area contributed by atoms with E-state index in [1.807, 2.05) is 6.07 Å². The van der Waals surface area contributed by atoms with Crippen molar-refractivity contribution in [3.8, 4) is 6.07 Å². The smallest absolute Gasteiger partial charge is 0.340 e. The van der Waals surface area contributed by atoms with E-state index in [1.165, 1.54) is 0 Å². The van der Waals surface area contributed by atoms with Crippen LogP contribution in [0.25, 0.3) is 0 Å². The molecule has 3 N–H and O–H groups in total. The minimum Gasteiger partial charge on any atom is -0.462 e. The van der Waals surface area contributed by atoms with Crippen molar-refractivity contribution in [1.29, 1.82) is 5.26 Å². The molecule has 5 nitrogen and oxygen atoms in total. The van der Waals surface area contributed by atoms with Crippen LogP contribution in [0, 0.1) is 11.3 Å². The number of nitrogen functional groups attached to an aromatic ring is 1. The van der Waals surface area contributed by atoms with Gasteiger partial charge in [0, 0.05) is 17.1 Å². The second-order valence-electron chi connectivity index (χ2n) is 4.34. The third-order valence-electron chi connectivity index (χ3n) is 2.83. The fourth-order valence-corrected chi connectivity index (χ4v) is 1.85. The zero-order valence-corrected chi connectivity index (χ0v) is 11.6. The molecule has 0 amide bonds. The average molecular weight is 281 g/mol. The van der Waals surface area contributed by atoms with Crippen LogP contribution >= 0.6 is 0 Å². The molecular formula is C16H15N3O2. The van der Waals surface area contributed by atoms with Crippen molar-refractivity contribution in [1.82, 2.24) is 0 Å². The summed E-state index contributed by atoms with van der Waals surface area (Å²) >= 11 is 0. The summed E-state index contributed by atoms with van der Waals surface area (Å²) in [6.45, 7) is 2.03. The van der Waals surface area contributed by atoms with Gasteiger partial charge < -0.3 is 15.8 Å². The van der Waals surface area contributed by atoms with Crippen molar-refractivity contribution in [2.24, 2.45) is 0 Å². The summed E-state index contributed by atoms with van der Waals surface area (Å²) in [7, 11) is 0. The van der Waals surface area contributed by atoms with Crippen molar-refractivity contribution < 1.29 is 9.53 Å². The maximum atomic E-state index is 11.8. The third kappa shape index (κ3) is 3.51. The van der Waals surface area contributed by atoms with Gasteiger partial charge in [0.05, 0.1) is 23.8 Å². The number of carbonyl (C=O) groups is 1. The van der Waals surface area contributed by atoms with Gasteiger partial charge in [-0.15, -0.1) is 0 Å². The first-order valence-corrected chi connectivity index (χ1v) is 6.48. The molecule has 2 aromatic carbocycles. The molecule has 0 aliphatic heterocycles. The second kappa shape index (κ2) is 6.44. The fourth-order valence-electron chi connectivity index (χ4n) is 1.85. The fraction of sp³-hybridized carbons (Fsp3) is 0.125. The summed E-state index contributed by atoms with van der Waals surface area (Å²) < 4.78 is 4.96.